The Hall–Kier alpha value is -2.57. The van der Waals surface area contributed by atoms with Crippen molar-refractivity contribution in [3.63, 3.8) is 0 Å². The summed E-state index contributed by atoms with van der Waals surface area (Å²) in [6.45, 7) is 3.65. The topological polar surface area (TPSA) is 53.1 Å². The van der Waals surface area contributed by atoms with Gasteiger partial charge in [-0.05, 0) is 62.2 Å². The summed E-state index contributed by atoms with van der Waals surface area (Å²) in [5.74, 6) is 0.670. The van der Waals surface area contributed by atoms with Gasteiger partial charge >= 0.3 is 0 Å². The smallest absolute Gasteiger partial charge is 0.260 e. The average molecular weight is 484 g/mol. The molecule has 2 aromatic rings. The number of anilines is 1. The molecule has 6 nitrogen and oxygen atoms in total. The van der Waals surface area contributed by atoms with E-state index in [4.69, 9.17) is 16.3 Å². The maximum Gasteiger partial charge on any atom is 0.260 e. The summed E-state index contributed by atoms with van der Waals surface area (Å²) in [5, 5.41) is 0.628. The molecule has 0 aliphatic carbocycles. The Morgan fingerprint density at radius 3 is 2.50 bits per heavy atom. The van der Waals surface area contributed by atoms with Crippen molar-refractivity contribution in [1.82, 2.24) is 9.80 Å². The summed E-state index contributed by atoms with van der Waals surface area (Å²) in [7, 11) is 2.17. The predicted octanol–water partition coefficient (Wildman–Crippen LogP) is 4.75. The highest BCUT2D eigenvalue weighted by atomic mass is 35.5. The van der Waals surface area contributed by atoms with Crippen molar-refractivity contribution in [3.8, 4) is 5.75 Å². The van der Waals surface area contributed by atoms with Gasteiger partial charge in [0.1, 0.15) is 5.75 Å². The fourth-order valence-corrected chi connectivity index (χ4v) is 5.23. The van der Waals surface area contributed by atoms with Crippen LogP contribution in [0.3, 0.4) is 0 Å². The van der Waals surface area contributed by atoms with Gasteiger partial charge < -0.3 is 14.5 Å². The number of hydrogen-bond acceptors (Lipinski definition) is 4. The molecule has 2 aliphatic heterocycles. The first-order chi connectivity index (χ1) is 16.5. The molecule has 2 heterocycles. The Labute approximate surface area is 207 Å². The molecule has 0 N–H and O–H groups in total. The minimum atomic E-state index is -0.0621. The second kappa shape index (κ2) is 11.2. The highest BCUT2D eigenvalue weighted by Crippen LogP contribution is 2.30. The van der Waals surface area contributed by atoms with Gasteiger partial charge in [0.25, 0.3) is 5.91 Å². The van der Waals surface area contributed by atoms with Gasteiger partial charge in [-0.2, -0.15) is 0 Å². The largest absolute Gasteiger partial charge is 0.484 e. The molecule has 2 bridgehead atoms. The molecule has 0 aromatic heterocycles. The third kappa shape index (κ3) is 5.73. The molecule has 182 valence electrons. The van der Waals surface area contributed by atoms with Crippen LogP contribution in [0.25, 0.3) is 0 Å². The monoisotopic (exact) mass is 483 g/mol. The third-order valence-corrected chi connectivity index (χ3v) is 7.37. The van der Waals surface area contributed by atoms with Gasteiger partial charge in [-0.1, -0.05) is 43.1 Å². The summed E-state index contributed by atoms with van der Waals surface area (Å²) in [4.78, 5) is 32.6. The number of nitrogens with zero attached hydrogens (tertiary/aromatic N) is 3. The van der Waals surface area contributed by atoms with Gasteiger partial charge in [0.05, 0.1) is 0 Å². The first-order valence-electron chi connectivity index (χ1n) is 12.2. The van der Waals surface area contributed by atoms with Crippen LogP contribution in [0.5, 0.6) is 5.75 Å². The molecule has 2 aromatic carbocycles. The van der Waals surface area contributed by atoms with Gasteiger partial charge in [0, 0.05) is 48.8 Å². The van der Waals surface area contributed by atoms with Crippen molar-refractivity contribution in [1.29, 1.82) is 0 Å². The molecular weight excluding hydrogens is 450 g/mol. The molecule has 7 heteroatoms. The fraction of sp³-hybridized carbons (Fsp3) is 0.481. The number of fused-ring (bicyclic) bond motifs is 3. The number of amides is 2. The number of ether oxygens (including phenoxy) is 1. The van der Waals surface area contributed by atoms with Crippen molar-refractivity contribution in [2.45, 2.75) is 57.7 Å². The van der Waals surface area contributed by atoms with Crippen LogP contribution in [-0.4, -0.2) is 60.4 Å². The molecule has 4 rings (SSSR count). The number of hydrogen-bond donors (Lipinski definition) is 0. The molecule has 0 saturated carbocycles. The minimum absolute atomic E-state index is 0.0404. The van der Waals surface area contributed by atoms with E-state index in [-0.39, 0.29) is 18.4 Å². The number of rotatable bonds is 4. The maximum absolute atomic E-state index is 13.4. The lowest BCUT2D eigenvalue weighted by molar-refractivity contribution is -0.135. The SMILES string of the molecule is CCC(=O)N1CCC2CCCC(CN(C(=O)COc3ccc(Cl)cc3)Cc3ccccc31)N2C. The third-order valence-electron chi connectivity index (χ3n) is 7.12. The average Bonchev–Trinajstić information content (AvgIpc) is 2.86. The zero-order chi connectivity index (χ0) is 24.1. The highest BCUT2D eigenvalue weighted by Gasteiger charge is 2.32. The molecule has 1 fully saturated rings. The zero-order valence-corrected chi connectivity index (χ0v) is 20.8. The van der Waals surface area contributed by atoms with Crippen LogP contribution in [0, 0.1) is 0 Å². The molecule has 2 amide bonds. The standard InChI is InChI=1S/C27H34ClN3O3/c1-3-26(32)31-16-15-22-8-6-9-23(29(22)2)18-30(17-20-7-4-5-10-25(20)31)27(33)19-34-24-13-11-21(28)12-14-24/h4-5,7,10-14,22-23H,3,6,8-9,15-19H2,1-2H3. The Morgan fingerprint density at radius 2 is 1.74 bits per heavy atom. The summed E-state index contributed by atoms with van der Waals surface area (Å²) in [5.41, 5.74) is 1.90. The van der Waals surface area contributed by atoms with Crippen molar-refractivity contribution >= 4 is 29.1 Å². The molecule has 0 radical (unpaired) electrons. The first kappa shape index (κ1) is 24.6. The van der Waals surface area contributed by atoms with Crippen LogP contribution in [0.15, 0.2) is 48.5 Å². The molecule has 34 heavy (non-hydrogen) atoms. The summed E-state index contributed by atoms with van der Waals surface area (Å²) < 4.78 is 5.80. The quantitative estimate of drug-likeness (QED) is 0.630. The summed E-state index contributed by atoms with van der Waals surface area (Å²) in [6, 6.07) is 15.7. The minimum Gasteiger partial charge on any atom is -0.484 e. The van der Waals surface area contributed by atoms with Crippen LogP contribution in [-0.2, 0) is 16.1 Å². The molecular formula is C27H34ClN3O3. The van der Waals surface area contributed by atoms with E-state index >= 15 is 0 Å². The van der Waals surface area contributed by atoms with Crippen LogP contribution in [0.4, 0.5) is 5.69 Å². The maximum atomic E-state index is 13.4. The number of halogens is 1. The van der Waals surface area contributed by atoms with Crippen LogP contribution in [0.1, 0.15) is 44.6 Å². The van der Waals surface area contributed by atoms with Crippen LogP contribution >= 0.6 is 11.6 Å². The lowest BCUT2D eigenvalue weighted by Crippen LogP contribution is -2.51. The van der Waals surface area contributed by atoms with E-state index in [0.29, 0.717) is 48.9 Å². The van der Waals surface area contributed by atoms with E-state index in [0.717, 1.165) is 36.9 Å². The Balaban J connectivity index is 1.62. The Bertz CT molecular complexity index is 997. The van der Waals surface area contributed by atoms with E-state index in [1.807, 2.05) is 41.0 Å². The van der Waals surface area contributed by atoms with Gasteiger partial charge in [-0.25, -0.2) is 0 Å². The first-order valence-corrected chi connectivity index (χ1v) is 12.6. The second-order valence-electron chi connectivity index (χ2n) is 9.24. The van der Waals surface area contributed by atoms with Crippen molar-refractivity contribution in [3.05, 3.63) is 59.1 Å². The van der Waals surface area contributed by atoms with Gasteiger partial charge in [0.15, 0.2) is 6.61 Å². The highest BCUT2D eigenvalue weighted by molar-refractivity contribution is 6.30. The molecule has 1 saturated heterocycles. The van der Waals surface area contributed by atoms with Gasteiger partial charge in [0.2, 0.25) is 5.91 Å². The fourth-order valence-electron chi connectivity index (χ4n) is 5.10. The number of piperidine rings is 1. The van der Waals surface area contributed by atoms with E-state index in [1.165, 1.54) is 0 Å². The van der Waals surface area contributed by atoms with E-state index in [2.05, 4.69) is 11.9 Å². The van der Waals surface area contributed by atoms with Crippen molar-refractivity contribution < 1.29 is 14.3 Å². The summed E-state index contributed by atoms with van der Waals surface area (Å²) >= 11 is 5.96. The van der Waals surface area contributed by atoms with Crippen molar-refractivity contribution in [2.75, 3.05) is 31.6 Å². The zero-order valence-electron chi connectivity index (χ0n) is 20.1. The van der Waals surface area contributed by atoms with E-state index in [9.17, 15) is 9.59 Å². The number of benzene rings is 2. The lowest BCUT2D eigenvalue weighted by atomic mass is 9.93. The Kier molecular flexibility index (Phi) is 8.11. The van der Waals surface area contributed by atoms with Crippen LogP contribution in [0.2, 0.25) is 5.02 Å². The number of carbonyl (C=O) groups excluding carboxylic acids is 2. The molecule has 2 unspecified atom stereocenters. The molecule has 0 spiro atoms. The normalized spacial score (nSPS) is 21.4. The van der Waals surface area contributed by atoms with Crippen molar-refractivity contribution in [2.24, 2.45) is 0 Å². The summed E-state index contributed by atoms with van der Waals surface area (Å²) in [6.07, 6.45) is 4.71. The van der Waals surface area contributed by atoms with Gasteiger partial charge in [-0.15, -0.1) is 0 Å². The number of carbonyl (C=O) groups is 2. The lowest BCUT2D eigenvalue weighted by Gasteiger charge is -2.41. The second-order valence-corrected chi connectivity index (χ2v) is 9.67. The van der Waals surface area contributed by atoms with Crippen LogP contribution < -0.4 is 9.64 Å². The predicted molar refractivity (Wildman–Crippen MR) is 135 cm³/mol. The Morgan fingerprint density at radius 1 is 1.00 bits per heavy atom. The van der Waals surface area contributed by atoms with E-state index < -0.39 is 0 Å². The van der Waals surface area contributed by atoms with E-state index in [1.54, 1.807) is 24.3 Å². The van der Waals surface area contributed by atoms with Gasteiger partial charge in [-0.3, -0.25) is 14.5 Å². The number of para-hydroxylation sites is 1. The molecule has 2 aliphatic rings. The molecule has 2 atom stereocenters. The number of likely N-dealkylation sites (N-methyl/N-ethyl adjacent to an activating group) is 1.